The summed E-state index contributed by atoms with van der Waals surface area (Å²) in [5, 5.41) is 44.3. The minimum Gasteiger partial charge on any atom is -0.511 e. The van der Waals surface area contributed by atoms with Gasteiger partial charge in [-0.1, -0.05) is 35.9 Å². The van der Waals surface area contributed by atoms with E-state index in [1.54, 1.807) is 0 Å². The number of phenolic OH excluding ortho intramolecular Hbond substituents is 1. The number of phenols is 1. The zero-order valence-electron chi connectivity index (χ0n) is 22.3. The van der Waals surface area contributed by atoms with E-state index in [0.29, 0.717) is 22.7 Å². The van der Waals surface area contributed by atoms with Crippen molar-refractivity contribution < 1.29 is 34.8 Å². The highest BCUT2D eigenvalue weighted by molar-refractivity contribution is 6.33. The molecular formula is C31H31ClN2O7. The maximum atomic E-state index is 13.7. The number of carbonyl (C=O) groups excluding carboxylic acids is 3. The SMILES string of the molecule is NC(=O)C1=C(O)C[C@@H]2C[C@@H]3Cc4c(Cl)c(CN5CCCc6ccccc6CC5)cc(O)c4C(=O)C3=C(O)[C@]2(O)C1=O. The number of primary amides is 1. The van der Waals surface area contributed by atoms with Crippen molar-refractivity contribution >= 4 is 29.1 Å². The molecule has 2 aromatic carbocycles. The van der Waals surface area contributed by atoms with Crippen LogP contribution in [0.4, 0.5) is 0 Å². The zero-order valence-corrected chi connectivity index (χ0v) is 23.1. The third kappa shape index (κ3) is 4.26. The molecule has 1 amide bonds. The number of aromatic hydroxyl groups is 1. The Morgan fingerprint density at radius 1 is 1.07 bits per heavy atom. The van der Waals surface area contributed by atoms with E-state index in [9.17, 15) is 34.8 Å². The predicted molar refractivity (Wildman–Crippen MR) is 150 cm³/mol. The summed E-state index contributed by atoms with van der Waals surface area (Å²) in [5.74, 6) is -6.53. The van der Waals surface area contributed by atoms with Gasteiger partial charge in [-0.3, -0.25) is 19.3 Å². The number of fused-ring (bicyclic) bond motifs is 4. The number of aliphatic hydroxyl groups is 3. The number of benzene rings is 2. The molecule has 3 aliphatic carbocycles. The molecule has 0 fully saturated rings. The molecule has 0 aromatic heterocycles. The summed E-state index contributed by atoms with van der Waals surface area (Å²) in [4.78, 5) is 40.9. The van der Waals surface area contributed by atoms with Crippen LogP contribution in [0.1, 0.15) is 51.9 Å². The molecule has 6 rings (SSSR count). The first kappa shape index (κ1) is 27.5. The van der Waals surface area contributed by atoms with Gasteiger partial charge in [-0.15, -0.1) is 0 Å². The van der Waals surface area contributed by atoms with Crippen molar-refractivity contribution in [3.63, 3.8) is 0 Å². The summed E-state index contributed by atoms with van der Waals surface area (Å²) >= 11 is 6.90. The Morgan fingerprint density at radius 2 is 1.78 bits per heavy atom. The summed E-state index contributed by atoms with van der Waals surface area (Å²) in [6.45, 7) is 2.15. The van der Waals surface area contributed by atoms with Gasteiger partial charge in [-0.2, -0.15) is 0 Å². The Hall–Kier alpha value is -3.66. The lowest BCUT2D eigenvalue weighted by Gasteiger charge is -2.45. The summed E-state index contributed by atoms with van der Waals surface area (Å²) < 4.78 is 0. The second-order valence-electron chi connectivity index (χ2n) is 11.5. The minimum absolute atomic E-state index is 0.0652. The van der Waals surface area contributed by atoms with Crippen molar-refractivity contribution in [3.8, 4) is 5.75 Å². The van der Waals surface area contributed by atoms with Gasteiger partial charge in [0.15, 0.2) is 11.4 Å². The number of amides is 1. The van der Waals surface area contributed by atoms with Crippen LogP contribution in [-0.4, -0.2) is 61.5 Å². The van der Waals surface area contributed by atoms with E-state index >= 15 is 0 Å². The van der Waals surface area contributed by atoms with Gasteiger partial charge in [0.1, 0.15) is 22.8 Å². The number of nitrogens with two attached hydrogens (primary N) is 1. The molecule has 0 saturated heterocycles. The number of Topliss-reactive ketones (excluding diaryl/α,β-unsaturated/α-hetero) is 2. The van der Waals surface area contributed by atoms with E-state index in [1.807, 2.05) is 6.07 Å². The summed E-state index contributed by atoms with van der Waals surface area (Å²) in [7, 11) is 0. The lowest BCUT2D eigenvalue weighted by atomic mass is 9.60. The quantitative estimate of drug-likeness (QED) is 0.347. The third-order valence-corrected chi connectivity index (χ3v) is 9.67. The second-order valence-corrected chi connectivity index (χ2v) is 11.9. The number of hydrogen-bond acceptors (Lipinski definition) is 8. The molecule has 10 heteroatoms. The van der Waals surface area contributed by atoms with Crippen molar-refractivity contribution in [1.29, 1.82) is 0 Å². The van der Waals surface area contributed by atoms with Crippen molar-refractivity contribution in [2.75, 3.05) is 13.1 Å². The number of allylic oxidation sites excluding steroid dienone is 2. The fraction of sp³-hybridized carbons (Fsp3) is 0.387. The molecule has 1 aliphatic heterocycles. The highest BCUT2D eigenvalue weighted by atomic mass is 35.5. The first-order valence-electron chi connectivity index (χ1n) is 13.8. The van der Waals surface area contributed by atoms with Crippen LogP contribution < -0.4 is 5.73 Å². The molecule has 0 saturated carbocycles. The van der Waals surface area contributed by atoms with Gasteiger partial charge in [0.25, 0.3) is 5.91 Å². The lowest BCUT2D eigenvalue weighted by molar-refractivity contribution is -0.144. The van der Waals surface area contributed by atoms with Gasteiger partial charge in [0.2, 0.25) is 5.78 Å². The predicted octanol–water partition coefficient (Wildman–Crippen LogP) is 3.22. The number of carbonyl (C=O) groups is 3. The number of halogens is 1. The van der Waals surface area contributed by atoms with Crippen LogP contribution >= 0.6 is 11.6 Å². The van der Waals surface area contributed by atoms with Crippen LogP contribution in [0.5, 0.6) is 5.75 Å². The van der Waals surface area contributed by atoms with Crippen LogP contribution in [0.15, 0.2) is 53.0 Å². The highest BCUT2D eigenvalue weighted by Gasteiger charge is 2.59. The second kappa shape index (κ2) is 10.0. The first-order chi connectivity index (χ1) is 19.5. The number of nitrogens with zero attached hydrogens (tertiary/aromatic N) is 1. The number of ketones is 2. The fourth-order valence-corrected chi connectivity index (χ4v) is 7.45. The van der Waals surface area contributed by atoms with E-state index in [0.717, 1.165) is 32.4 Å². The normalized spacial score (nSPS) is 26.5. The standard InChI is InChI=1S/C31H31ClN2O7/c32-26-18(14-34-8-3-6-15-4-1-2-5-16(15)7-9-34)12-21(35)24-20(26)11-17-10-19-13-22(36)25(30(33)40)29(39)31(19,41)28(38)23(17)27(24)37/h1-2,4-5,12,17,19,35-36,38,41H,3,6-11,13-14H2,(H2,33,40)/t17-,19+,31+/m1/s1. The summed E-state index contributed by atoms with van der Waals surface area (Å²) in [6.07, 6.45) is 2.82. The van der Waals surface area contributed by atoms with Gasteiger partial charge < -0.3 is 26.2 Å². The molecular weight excluding hydrogens is 548 g/mol. The summed E-state index contributed by atoms with van der Waals surface area (Å²) in [6, 6.07) is 9.90. The molecule has 3 atom stereocenters. The zero-order chi connectivity index (χ0) is 29.2. The van der Waals surface area contributed by atoms with Crippen LogP contribution in [0.25, 0.3) is 0 Å². The van der Waals surface area contributed by atoms with Gasteiger partial charge in [0, 0.05) is 36.0 Å². The van der Waals surface area contributed by atoms with Gasteiger partial charge in [-0.25, -0.2) is 0 Å². The fourth-order valence-electron chi connectivity index (χ4n) is 7.16. The van der Waals surface area contributed by atoms with E-state index in [-0.39, 0.29) is 36.1 Å². The Bertz CT molecular complexity index is 1580. The molecule has 0 spiro atoms. The number of aliphatic hydroxyl groups excluding tert-OH is 2. The van der Waals surface area contributed by atoms with Crippen LogP contribution in [-0.2, 0) is 35.4 Å². The molecule has 214 valence electrons. The van der Waals surface area contributed by atoms with E-state index in [2.05, 4.69) is 23.1 Å². The monoisotopic (exact) mass is 578 g/mol. The minimum atomic E-state index is -2.58. The Morgan fingerprint density at radius 3 is 2.49 bits per heavy atom. The van der Waals surface area contributed by atoms with Crippen molar-refractivity contribution in [2.24, 2.45) is 17.6 Å². The highest BCUT2D eigenvalue weighted by Crippen LogP contribution is 2.52. The first-order valence-corrected chi connectivity index (χ1v) is 14.2. The van der Waals surface area contributed by atoms with E-state index in [4.69, 9.17) is 17.3 Å². The van der Waals surface area contributed by atoms with Crippen molar-refractivity contribution in [1.82, 2.24) is 4.90 Å². The van der Waals surface area contributed by atoms with Crippen molar-refractivity contribution in [3.05, 3.63) is 85.8 Å². The molecule has 41 heavy (non-hydrogen) atoms. The average Bonchev–Trinajstić information content (AvgIpc) is 2.90. The smallest absolute Gasteiger partial charge is 0.255 e. The van der Waals surface area contributed by atoms with Gasteiger partial charge in [0.05, 0.1) is 5.56 Å². The maximum absolute atomic E-state index is 13.7. The van der Waals surface area contributed by atoms with Crippen molar-refractivity contribution in [2.45, 2.75) is 50.7 Å². The Labute approximate surface area is 241 Å². The average molecular weight is 579 g/mol. The topological polar surface area (TPSA) is 161 Å². The number of aryl methyl sites for hydroxylation is 1. The van der Waals surface area contributed by atoms with Gasteiger partial charge in [-0.05, 0) is 72.9 Å². The maximum Gasteiger partial charge on any atom is 0.255 e. The van der Waals surface area contributed by atoms with E-state index in [1.165, 1.54) is 17.2 Å². The molecule has 2 aromatic rings. The lowest BCUT2D eigenvalue weighted by Crippen LogP contribution is -2.57. The van der Waals surface area contributed by atoms with Crippen LogP contribution in [0.2, 0.25) is 5.02 Å². The largest absolute Gasteiger partial charge is 0.511 e. The van der Waals surface area contributed by atoms with Crippen LogP contribution in [0.3, 0.4) is 0 Å². The molecule has 0 bridgehead atoms. The van der Waals surface area contributed by atoms with Gasteiger partial charge >= 0.3 is 0 Å². The molecule has 4 aliphatic rings. The molecule has 6 N–H and O–H groups in total. The van der Waals surface area contributed by atoms with E-state index < -0.39 is 52.0 Å². The molecule has 9 nitrogen and oxygen atoms in total. The molecule has 0 unspecified atom stereocenters. The number of rotatable bonds is 3. The van der Waals surface area contributed by atoms with Crippen LogP contribution in [0, 0.1) is 11.8 Å². The summed E-state index contributed by atoms with van der Waals surface area (Å²) in [5.41, 5.74) is 5.44. The Kier molecular flexibility index (Phi) is 6.71. The Balaban J connectivity index is 1.33. The third-order valence-electron chi connectivity index (χ3n) is 9.20. The number of hydrogen-bond donors (Lipinski definition) is 5. The molecule has 0 radical (unpaired) electrons. The molecule has 1 heterocycles.